The number of furan rings is 1. The Labute approximate surface area is 312 Å². The molecule has 252 valence electrons. The van der Waals surface area contributed by atoms with Crippen molar-refractivity contribution in [1.82, 2.24) is 4.98 Å². The molecule has 0 unspecified atom stereocenters. The Morgan fingerprint density at radius 3 is 1.69 bits per heavy atom. The van der Waals surface area contributed by atoms with Gasteiger partial charge in [-0.05, 0) is 127 Å². The lowest BCUT2D eigenvalue weighted by Gasteiger charge is -2.26. The Hall–Kier alpha value is -7.23. The van der Waals surface area contributed by atoms with E-state index in [2.05, 4.69) is 192 Å². The van der Waals surface area contributed by atoms with E-state index in [0.717, 1.165) is 49.8 Å². The van der Waals surface area contributed by atoms with Crippen molar-refractivity contribution < 1.29 is 4.42 Å². The van der Waals surface area contributed by atoms with E-state index in [1.54, 1.807) is 0 Å². The van der Waals surface area contributed by atoms with Gasteiger partial charge in [-0.15, -0.1) is 0 Å². The molecule has 0 aliphatic rings. The molecule has 0 bridgehead atoms. The van der Waals surface area contributed by atoms with E-state index in [9.17, 15) is 0 Å². The molecule has 3 heteroatoms. The van der Waals surface area contributed by atoms with Gasteiger partial charge in [0.2, 0.25) is 0 Å². The van der Waals surface area contributed by atoms with Crippen molar-refractivity contribution in [2.45, 2.75) is 0 Å². The third-order valence-corrected chi connectivity index (χ3v) is 10.9. The molecule has 11 rings (SSSR count). The van der Waals surface area contributed by atoms with Gasteiger partial charge < -0.3 is 9.32 Å². The molecular weight excluding hydrogens is 657 g/mol. The molecule has 0 saturated carbocycles. The number of hydrogen-bond donors (Lipinski definition) is 0. The second-order valence-electron chi connectivity index (χ2n) is 14.1. The van der Waals surface area contributed by atoms with E-state index in [-0.39, 0.29) is 0 Å². The van der Waals surface area contributed by atoms with Gasteiger partial charge in [0.15, 0.2) is 0 Å². The average molecular weight is 689 g/mol. The predicted molar refractivity (Wildman–Crippen MR) is 227 cm³/mol. The van der Waals surface area contributed by atoms with Crippen molar-refractivity contribution in [2.75, 3.05) is 4.90 Å². The summed E-state index contributed by atoms with van der Waals surface area (Å²) >= 11 is 0. The molecule has 0 spiro atoms. The Morgan fingerprint density at radius 1 is 0.333 bits per heavy atom. The highest BCUT2D eigenvalue weighted by atomic mass is 16.3. The lowest BCUT2D eigenvalue weighted by atomic mass is 9.97. The zero-order valence-electron chi connectivity index (χ0n) is 29.3. The molecule has 0 aliphatic heterocycles. The van der Waals surface area contributed by atoms with E-state index < -0.39 is 0 Å². The van der Waals surface area contributed by atoms with Crippen molar-refractivity contribution in [1.29, 1.82) is 0 Å². The van der Waals surface area contributed by atoms with E-state index in [4.69, 9.17) is 4.42 Å². The van der Waals surface area contributed by atoms with Crippen molar-refractivity contribution in [3.05, 3.63) is 194 Å². The number of aromatic nitrogens is 1. The van der Waals surface area contributed by atoms with Crippen LogP contribution in [-0.2, 0) is 0 Å². The molecule has 9 aromatic carbocycles. The van der Waals surface area contributed by atoms with E-state index in [1.807, 2.05) is 12.4 Å². The highest BCUT2D eigenvalue weighted by molar-refractivity contribution is 6.11. The minimum Gasteiger partial charge on any atom is -0.456 e. The quantitative estimate of drug-likeness (QED) is 0.169. The van der Waals surface area contributed by atoms with Crippen LogP contribution in [0.15, 0.2) is 199 Å². The first-order chi connectivity index (χ1) is 26.7. The standard InChI is InChI=1S/C51H32N2O/c1-2-7-37-27-38(11-9-33(37)5-1)34-13-18-43(19-14-34)53(45-22-24-48-49-29-40-25-26-52-32-42(40)30-50(49)54-51(48)31-45)44-20-15-35(16-21-44)39-17-23-47-41(28-39)12-10-36-6-3-4-8-46(36)47/h1-32H. The summed E-state index contributed by atoms with van der Waals surface area (Å²) in [5.74, 6) is 0. The maximum Gasteiger partial charge on any atom is 0.137 e. The number of fused-ring (bicyclic) bond motifs is 8. The first kappa shape index (κ1) is 30.4. The fourth-order valence-electron chi connectivity index (χ4n) is 8.10. The molecule has 0 saturated heterocycles. The lowest BCUT2D eigenvalue weighted by molar-refractivity contribution is 0.669. The lowest BCUT2D eigenvalue weighted by Crippen LogP contribution is -2.09. The Morgan fingerprint density at radius 2 is 0.889 bits per heavy atom. The van der Waals surface area contributed by atoms with Crippen molar-refractivity contribution in [3.63, 3.8) is 0 Å². The van der Waals surface area contributed by atoms with Crippen molar-refractivity contribution in [3.8, 4) is 22.3 Å². The van der Waals surface area contributed by atoms with Crippen LogP contribution in [0.2, 0.25) is 0 Å². The van der Waals surface area contributed by atoms with Crippen LogP contribution >= 0.6 is 0 Å². The molecule has 0 aliphatic carbocycles. The monoisotopic (exact) mass is 688 g/mol. The summed E-state index contributed by atoms with van der Waals surface area (Å²) in [6.07, 6.45) is 3.73. The highest BCUT2D eigenvalue weighted by Crippen LogP contribution is 2.41. The summed E-state index contributed by atoms with van der Waals surface area (Å²) in [6.45, 7) is 0. The largest absolute Gasteiger partial charge is 0.456 e. The first-order valence-corrected chi connectivity index (χ1v) is 18.3. The molecule has 0 fully saturated rings. The van der Waals surface area contributed by atoms with Gasteiger partial charge in [-0.3, -0.25) is 4.98 Å². The summed E-state index contributed by atoms with van der Waals surface area (Å²) < 4.78 is 6.52. The highest BCUT2D eigenvalue weighted by Gasteiger charge is 2.17. The van der Waals surface area contributed by atoms with Gasteiger partial charge in [0.05, 0.1) is 0 Å². The Kier molecular flexibility index (Phi) is 6.86. The number of anilines is 3. The second-order valence-corrected chi connectivity index (χ2v) is 14.1. The molecule has 3 nitrogen and oxygen atoms in total. The van der Waals surface area contributed by atoms with Gasteiger partial charge >= 0.3 is 0 Å². The normalized spacial score (nSPS) is 11.7. The molecule has 2 aromatic heterocycles. The molecule has 0 radical (unpaired) electrons. The maximum absolute atomic E-state index is 6.52. The summed E-state index contributed by atoms with van der Waals surface area (Å²) in [4.78, 5) is 6.63. The molecule has 54 heavy (non-hydrogen) atoms. The smallest absolute Gasteiger partial charge is 0.137 e. The third-order valence-electron chi connectivity index (χ3n) is 10.9. The zero-order valence-corrected chi connectivity index (χ0v) is 29.3. The Balaban J connectivity index is 1.01. The summed E-state index contributed by atoms with van der Waals surface area (Å²) in [6, 6.07) is 65.7. The molecule has 0 amide bonds. The summed E-state index contributed by atoms with van der Waals surface area (Å²) in [5, 5.41) is 12.0. The van der Waals surface area contributed by atoms with Gasteiger partial charge in [0.1, 0.15) is 11.2 Å². The fraction of sp³-hybridized carbons (Fsp3) is 0. The maximum atomic E-state index is 6.52. The number of nitrogens with zero attached hydrogens (tertiary/aromatic N) is 2. The minimum absolute atomic E-state index is 0.851. The second kappa shape index (κ2) is 12.2. The van der Waals surface area contributed by atoms with Crippen molar-refractivity contribution in [2.24, 2.45) is 0 Å². The molecule has 0 atom stereocenters. The van der Waals surface area contributed by atoms with Crippen LogP contribution in [0.1, 0.15) is 0 Å². The molecular formula is C51H32N2O. The number of rotatable bonds is 5. The molecule has 2 heterocycles. The number of pyridine rings is 1. The van der Waals surface area contributed by atoms with Crippen LogP contribution in [0.25, 0.3) is 87.3 Å². The zero-order chi connectivity index (χ0) is 35.6. The predicted octanol–water partition coefficient (Wildman–Crippen LogP) is 14.4. The van der Waals surface area contributed by atoms with Gasteiger partial charge in [-0.1, -0.05) is 109 Å². The first-order valence-electron chi connectivity index (χ1n) is 18.3. The van der Waals surface area contributed by atoms with Crippen LogP contribution < -0.4 is 4.90 Å². The van der Waals surface area contributed by atoms with Crippen LogP contribution in [0, 0.1) is 0 Å². The van der Waals surface area contributed by atoms with Crippen LogP contribution in [0.4, 0.5) is 17.1 Å². The molecule has 11 aromatic rings. The topological polar surface area (TPSA) is 29.3 Å². The van der Waals surface area contributed by atoms with E-state index in [1.165, 1.54) is 54.6 Å². The Bertz CT molecular complexity index is 3210. The average Bonchev–Trinajstić information content (AvgIpc) is 3.59. The van der Waals surface area contributed by atoms with Crippen LogP contribution in [0.3, 0.4) is 0 Å². The number of hydrogen-bond acceptors (Lipinski definition) is 3. The van der Waals surface area contributed by atoms with Crippen LogP contribution in [-0.4, -0.2) is 4.98 Å². The van der Waals surface area contributed by atoms with Gasteiger partial charge in [-0.2, -0.15) is 0 Å². The van der Waals surface area contributed by atoms with Crippen molar-refractivity contribution >= 4 is 82.1 Å². The molecule has 0 N–H and O–H groups in total. The van der Waals surface area contributed by atoms with Gasteiger partial charge in [0.25, 0.3) is 0 Å². The fourth-order valence-corrected chi connectivity index (χ4v) is 8.10. The number of benzene rings is 9. The third kappa shape index (κ3) is 5.09. The van der Waals surface area contributed by atoms with E-state index in [0.29, 0.717) is 0 Å². The van der Waals surface area contributed by atoms with Gasteiger partial charge in [-0.25, -0.2) is 0 Å². The van der Waals surface area contributed by atoms with Gasteiger partial charge in [0, 0.05) is 51.7 Å². The SMILES string of the molecule is c1ccc2cc(-c3ccc(N(c4ccc(-c5ccc6c(ccc7ccccc76)c5)cc4)c4ccc5c(c4)oc4cc6cnccc6cc45)cc3)ccc2c1. The summed E-state index contributed by atoms with van der Waals surface area (Å²) in [5.41, 5.74) is 9.62. The summed E-state index contributed by atoms with van der Waals surface area (Å²) in [7, 11) is 0. The van der Waals surface area contributed by atoms with Crippen LogP contribution in [0.5, 0.6) is 0 Å². The minimum atomic E-state index is 0.851. The van der Waals surface area contributed by atoms with E-state index >= 15 is 0 Å².